The third-order valence-electron chi connectivity index (χ3n) is 3.57. The highest BCUT2D eigenvalue weighted by atomic mass is 79.9. The molecule has 0 saturated carbocycles. The van der Waals surface area contributed by atoms with Crippen molar-refractivity contribution in [2.24, 2.45) is 0 Å². The van der Waals surface area contributed by atoms with E-state index in [1.54, 1.807) is 11.3 Å². The molecule has 0 aliphatic heterocycles. The molecule has 3 rings (SSSR count). The van der Waals surface area contributed by atoms with Crippen molar-refractivity contribution >= 4 is 38.2 Å². The van der Waals surface area contributed by atoms with E-state index in [0.29, 0.717) is 0 Å². The minimum atomic E-state index is 0.281. The molecule has 0 spiro atoms. The fraction of sp³-hybridized carbons (Fsp3) is 0.235. The van der Waals surface area contributed by atoms with Crippen LogP contribution >= 0.6 is 27.3 Å². The van der Waals surface area contributed by atoms with Crippen LogP contribution in [0.1, 0.15) is 23.4 Å². The number of rotatable bonds is 5. The van der Waals surface area contributed by atoms with E-state index in [-0.39, 0.29) is 6.04 Å². The first-order chi connectivity index (χ1) is 10.3. The van der Waals surface area contributed by atoms with Crippen molar-refractivity contribution in [3.05, 3.63) is 62.9 Å². The normalized spacial score (nSPS) is 12.7. The lowest BCUT2D eigenvalue weighted by atomic mass is 9.99. The molecule has 0 bridgehead atoms. The summed E-state index contributed by atoms with van der Waals surface area (Å²) in [6, 6.07) is 12.9. The number of nitrogens with zero attached hydrogens (tertiary/aromatic N) is 1. The van der Waals surface area contributed by atoms with Crippen LogP contribution in [0, 0.1) is 0 Å². The molecule has 1 aromatic carbocycles. The molecule has 1 unspecified atom stereocenters. The van der Waals surface area contributed by atoms with Crippen LogP contribution < -0.4 is 5.32 Å². The number of aromatic nitrogens is 1. The molecule has 3 aromatic rings. The van der Waals surface area contributed by atoms with Gasteiger partial charge in [0.1, 0.15) is 0 Å². The number of likely N-dealkylation sites (N-methyl/N-ethyl adjacent to an activating group) is 1. The largest absolute Gasteiger partial charge is 0.310 e. The molecule has 2 heterocycles. The van der Waals surface area contributed by atoms with Crippen LogP contribution in [0.3, 0.4) is 0 Å². The molecule has 108 valence electrons. The van der Waals surface area contributed by atoms with Crippen molar-refractivity contribution in [2.45, 2.75) is 19.4 Å². The number of thiophene rings is 1. The SMILES string of the molecule is CCNC(Cc1sccc1Br)c1cccc2cccnc12. The topological polar surface area (TPSA) is 24.9 Å². The third-order valence-corrected chi connectivity index (χ3v) is 5.52. The first-order valence-electron chi connectivity index (χ1n) is 7.08. The number of para-hydroxylation sites is 1. The smallest absolute Gasteiger partial charge is 0.0749 e. The molecule has 0 fully saturated rings. The monoisotopic (exact) mass is 360 g/mol. The van der Waals surface area contributed by atoms with Crippen LogP contribution in [0.2, 0.25) is 0 Å². The fourth-order valence-electron chi connectivity index (χ4n) is 2.60. The average molecular weight is 361 g/mol. The van der Waals surface area contributed by atoms with Crippen LogP contribution in [-0.2, 0) is 6.42 Å². The number of halogens is 1. The van der Waals surface area contributed by atoms with Crippen molar-refractivity contribution in [2.75, 3.05) is 6.54 Å². The molecule has 0 amide bonds. The second-order valence-corrected chi connectivity index (χ2v) is 6.78. The predicted octanol–water partition coefficient (Wildman–Crippen LogP) is 4.95. The molecule has 4 heteroatoms. The molecule has 2 nitrogen and oxygen atoms in total. The van der Waals surface area contributed by atoms with Crippen molar-refractivity contribution in [1.29, 1.82) is 0 Å². The van der Waals surface area contributed by atoms with E-state index in [0.717, 1.165) is 18.5 Å². The van der Waals surface area contributed by atoms with Gasteiger partial charge in [-0.25, -0.2) is 0 Å². The fourth-order valence-corrected chi connectivity index (χ4v) is 4.16. The van der Waals surface area contributed by atoms with Crippen molar-refractivity contribution in [3.8, 4) is 0 Å². The van der Waals surface area contributed by atoms with E-state index < -0.39 is 0 Å². The van der Waals surface area contributed by atoms with Gasteiger partial charge in [-0.15, -0.1) is 11.3 Å². The maximum absolute atomic E-state index is 4.59. The van der Waals surface area contributed by atoms with Gasteiger partial charge in [0.05, 0.1) is 5.52 Å². The van der Waals surface area contributed by atoms with E-state index in [1.807, 2.05) is 12.3 Å². The van der Waals surface area contributed by atoms with Gasteiger partial charge in [0.25, 0.3) is 0 Å². The summed E-state index contributed by atoms with van der Waals surface area (Å²) in [5.74, 6) is 0. The third kappa shape index (κ3) is 3.18. The summed E-state index contributed by atoms with van der Waals surface area (Å²) in [5, 5.41) is 6.93. The lowest BCUT2D eigenvalue weighted by Crippen LogP contribution is -2.23. The molecule has 0 aliphatic carbocycles. The summed E-state index contributed by atoms with van der Waals surface area (Å²) in [5.41, 5.74) is 2.37. The highest BCUT2D eigenvalue weighted by Gasteiger charge is 2.16. The Morgan fingerprint density at radius 3 is 2.86 bits per heavy atom. The molecular weight excluding hydrogens is 344 g/mol. The second-order valence-electron chi connectivity index (χ2n) is 4.93. The molecule has 0 saturated heterocycles. The van der Waals surface area contributed by atoms with Crippen molar-refractivity contribution in [3.63, 3.8) is 0 Å². The Labute approximate surface area is 137 Å². The van der Waals surface area contributed by atoms with Crippen LogP contribution in [0.4, 0.5) is 0 Å². The number of fused-ring (bicyclic) bond motifs is 1. The Morgan fingerprint density at radius 1 is 1.24 bits per heavy atom. The van der Waals surface area contributed by atoms with Gasteiger partial charge in [-0.3, -0.25) is 4.98 Å². The number of hydrogen-bond donors (Lipinski definition) is 1. The summed E-state index contributed by atoms with van der Waals surface area (Å²) < 4.78 is 1.20. The summed E-state index contributed by atoms with van der Waals surface area (Å²) in [4.78, 5) is 5.96. The highest BCUT2D eigenvalue weighted by Crippen LogP contribution is 2.30. The zero-order chi connectivity index (χ0) is 14.7. The van der Waals surface area contributed by atoms with E-state index in [1.165, 1.54) is 20.3 Å². The molecule has 1 atom stereocenters. The number of nitrogens with one attached hydrogen (secondary N) is 1. The Morgan fingerprint density at radius 2 is 2.10 bits per heavy atom. The first-order valence-corrected chi connectivity index (χ1v) is 8.75. The van der Waals surface area contributed by atoms with Crippen molar-refractivity contribution < 1.29 is 0 Å². The van der Waals surface area contributed by atoms with E-state index >= 15 is 0 Å². The lowest BCUT2D eigenvalue weighted by molar-refractivity contribution is 0.555. The van der Waals surface area contributed by atoms with Gasteiger partial charge >= 0.3 is 0 Å². The second kappa shape index (κ2) is 6.69. The Kier molecular flexibility index (Phi) is 4.68. The first kappa shape index (κ1) is 14.7. The zero-order valence-electron chi connectivity index (χ0n) is 11.8. The van der Waals surface area contributed by atoms with E-state index in [9.17, 15) is 0 Å². The van der Waals surface area contributed by atoms with E-state index in [4.69, 9.17) is 0 Å². The number of hydrogen-bond acceptors (Lipinski definition) is 3. The van der Waals surface area contributed by atoms with Gasteiger partial charge in [-0.05, 0) is 45.6 Å². The minimum Gasteiger partial charge on any atom is -0.310 e. The maximum atomic E-state index is 4.59. The Hall–Kier alpha value is -1.23. The Balaban J connectivity index is 2.01. The molecular formula is C17H17BrN2S. The summed E-state index contributed by atoms with van der Waals surface area (Å²) >= 11 is 5.43. The molecule has 0 aliphatic rings. The average Bonchev–Trinajstić information content (AvgIpc) is 2.91. The van der Waals surface area contributed by atoms with Gasteiger partial charge in [-0.2, -0.15) is 0 Å². The number of benzene rings is 1. The maximum Gasteiger partial charge on any atom is 0.0749 e. The van der Waals surface area contributed by atoms with E-state index in [2.05, 4.69) is 68.9 Å². The van der Waals surface area contributed by atoms with Gasteiger partial charge in [-0.1, -0.05) is 31.2 Å². The van der Waals surface area contributed by atoms with Crippen LogP contribution in [0.15, 0.2) is 52.4 Å². The molecule has 1 N–H and O–H groups in total. The number of pyridine rings is 1. The summed E-state index contributed by atoms with van der Waals surface area (Å²) in [6.45, 7) is 3.09. The van der Waals surface area contributed by atoms with Gasteiger partial charge in [0.15, 0.2) is 0 Å². The van der Waals surface area contributed by atoms with Gasteiger partial charge in [0, 0.05) is 33.4 Å². The van der Waals surface area contributed by atoms with Crippen LogP contribution in [-0.4, -0.2) is 11.5 Å². The van der Waals surface area contributed by atoms with Crippen molar-refractivity contribution in [1.82, 2.24) is 10.3 Å². The lowest BCUT2D eigenvalue weighted by Gasteiger charge is -2.19. The highest BCUT2D eigenvalue weighted by molar-refractivity contribution is 9.10. The Bertz CT molecular complexity index is 733. The summed E-state index contributed by atoms with van der Waals surface area (Å²) in [7, 11) is 0. The summed E-state index contributed by atoms with van der Waals surface area (Å²) in [6.07, 6.45) is 2.84. The quantitative estimate of drug-likeness (QED) is 0.695. The minimum absolute atomic E-state index is 0.281. The standard InChI is InChI=1S/C17H17BrN2S/c1-2-19-15(11-16-14(18)8-10-21-16)13-7-3-5-12-6-4-9-20-17(12)13/h3-10,15,19H,2,11H2,1H3. The van der Waals surface area contributed by atoms with Crippen LogP contribution in [0.5, 0.6) is 0 Å². The molecule has 2 aromatic heterocycles. The molecule has 0 radical (unpaired) electrons. The van der Waals surface area contributed by atoms with Crippen LogP contribution in [0.25, 0.3) is 10.9 Å². The predicted molar refractivity (Wildman–Crippen MR) is 93.9 cm³/mol. The van der Waals surface area contributed by atoms with Gasteiger partial charge < -0.3 is 5.32 Å². The van der Waals surface area contributed by atoms with Gasteiger partial charge in [0.2, 0.25) is 0 Å². The zero-order valence-corrected chi connectivity index (χ0v) is 14.2. The molecule has 21 heavy (non-hydrogen) atoms.